The number of pyridine rings is 1. The van der Waals surface area contributed by atoms with E-state index in [1.165, 1.54) is 6.07 Å². The zero-order chi connectivity index (χ0) is 18.4. The molecule has 4 aromatic rings. The second-order valence-corrected chi connectivity index (χ2v) is 7.90. The average Bonchev–Trinajstić information content (AvgIpc) is 3.28. The Hall–Kier alpha value is -2.38. The van der Waals surface area contributed by atoms with Crippen molar-refractivity contribution in [2.24, 2.45) is 0 Å². The molecule has 5 nitrogen and oxygen atoms in total. The molecule has 0 spiro atoms. The maximum absolute atomic E-state index is 14.2. The molecule has 0 N–H and O–H groups in total. The van der Waals surface area contributed by atoms with Gasteiger partial charge in [0.05, 0.1) is 16.3 Å². The van der Waals surface area contributed by atoms with Crippen LogP contribution in [0.15, 0.2) is 53.9 Å². The molecule has 0 aliphatic heterocycles. The normalized spacial score (nSPS) is 14.1. The van der Waals surface area contributed by atoms with E-state index in [-0.39, 0.29) is 5.82 Å². The summed E-state index contributed by atoms with van der Waals surface area (Å²) in [4.78, 5) is 4.60. The molecule has 0 radical (unpaired) electrons. The molecule has 0 atom stereocenters. The van der Waals surface area contributed by atoms with Crippen LogP contribution in [0.25, 0.3) is 17.0 Å². The topological polar surface area (TPSA) is 48.0 Å². The van der Waals surface area contributed by atoms with Gasteiger partial charge in [-0.1, -0.05) is 35.5 Å². The lowest BCUT2D eigenvalue weighted by atomic mass is 10.2. The highest BCUT2D eigenvalue weighted by atomic mass is 35.5. The number of rotatable bonds is 5. The van der Waals surface area contributed by atoms with E-state index in [0.717, 1.165) is 29.3 Å². The standard InChI is InChI=1S/C19H15ClFN5S/c20-12-5-8-17-22-13(10-25(17)9-12)11-27-19-24-23-18(26(19)14-6-7-14)15-3-1-2-4-16(15)21/h1-5,8-10,14H,6-7,11H2. The van der Waals surface area contributed by atoms with Gasteiger partial charge in [-0.25, -0.2) is 9.37 Å². The monoisotopic (exact) mass is 399 g/mol. The highest BCUT2D eigenvalue weighted by Gasteiger charge is 2.31. The Bertz CT molecular complexity index is 1130. The lowest BCUT2D eigenvalue weighted by molar-refractivity contribution is 0.622. The van der Waals surface area contributed by atoms with Crippen LogP contribution < -0.4 is 0 Å². The molecule has 1 aliphatic carbocycles. The third-order valence-corrected chi connectivity index (χ3v) is 5.71. The fraction of sp³-hybridized carbons (Fsp3) is 0.211. The van der Waals surface area contributed by atoms with Crippen LogP contribution in [0.4, 0.5) is 4.39 Å². The van der Waals surface area contributed by atoms with Crippen molar-refractivity contribution in [3.63, 3.8) is 0 Å². The number of aromatic nitrogens is 5. The van der Waals surface area contributed by atoms with E-state index in [4.69, 9.17) is 11.6 Å². The first-order valence-electron chi connectivity index (χ1n) is 8.65. The fourth-order valence-electron chi connectivity index (χ4n) is 3.09. The third-order valence-electron chi connectivity index (χ3n) is 4.51. The summed E-state index contributed by atoms with van der Waals surface area (Å²) in [5.41, 5.74) is 2.27. The molecule has 1 fully saturated rings. The summed E-state index contributed by atoms with van der Waals surface area (Å²) in [5, 5.41) is 10.1. The van der Waals surface area contributed by atoms with Crippen molar-refractivity contribution >= 4 is 29.0 Å². The van der Waals surface area contributed by atoms with Gasteiger partial charge in [-0.2, -0.15) is 0 Å². The van der Waals surface area contributed by atoms with E-state index in [2.05, 4.69) is 19.7 Å². The fourth-order valence-corrected chi connectivity index (χ4v) is 4.15. The van der Waals surface area contributed by atoms with Gasteiger partial charge in [-0.05, 0) is 37.1 Å². The lowest BCUT2D eigenvalue weighted by Gasteiger charge is -2.08. The van der Waals surface area contributed by atoms with E-state index >= 15 is 0 Å². The van der Waals surface area contributed by atoms with Crippen LogP contribution in [-0.2, 0) is 5.75 Å². The summed E-state index contributed by atoms with van der Waals surface area (Å²) < 4.78 is 18.2. The number of halogens is 2. The summed E-state index contributed by atoms with van der Waals surface area (Å²) in [6.07, 6.45) is 5.94. The molecular formula is C19H15ClFN5S. The van der Waals surface area contributed by atoms with Crippen molar-refractivity contribution in [2.75, 3.05) is 0 Å². The van der Waals surface area contributed by atoms with Crippen molar-refractivity contribution in [1.29, 1.82) is 0 Å². The van der Waals surface area contributed by atoms with E-state index in [1.54, 1.807) is 23.9 Å². The van der Waals surface area contributed by atoms with Crippen LogP contribution in [0.3, 0.4) is 0 Å². The molecule has 1 aromatic carbocycles. The van der Waals surface area contributed by atoms with Gasteiger partial charge in [-0.3, -0.25) is 4.57 Å². The molecular weight excluding hydrogens is 385 g/mol. The minimum absolute atomic E-state index is 0.277. The minimum Gasteiger partial charge on any atom is -0.305 e. The molecule has 0 bridgehead atoms. The zero-order valence-electron chi connectivity index (χ0n) is 14.2. The van der Waals surface area contributed by atoms with Gasteiger partial charge in [0.1, 0.15) is 11.5 Å². The first-order chi connectivity index (χ1) is 13.2. The molecule has 1 saturated carbocycles. The van der Waals surface area contributed by atoms with E-state index < -0.39 is 0 Å². The molecule has 0 saturated heterocycles. The highest BCUT2D eigenvalue weighted by Crippen LogP contribution is 2.41. The molecule has 136 valence electrons. The molecule has 3 aromatic heterocycles. The summed E-state index contributed by atoms with van der Waals surface area (Å²) in [6.45, 7) is 0. The van der Waals surface area contributed by atoms with Crippen molar-refractivity contribution in [3.05, 3.63) is 65.3 Å². The van der Waals surface area contributed by atoms with Gasteiger partial charge in [0.15, 0.2) is 11.0 Å². The lowest BCUT2D eigenvalue weighted by Crippen LogP contribution is -2.01. The van der Waals surface area contributed by atoms with Crippen molar-refractivity contribution in [1.82, 2.24) is 24.1 Å². The second-order valence-electron chi connectivity index (χ2n) is 6.52. The van der Waals surface area contributed by atoms with E-state index in [9.17, 15) is 4.39 Å². The second kappa shape index (κ2) is 6.65. The van der Waals surface area contributed by atoms with Gasteiger partial charge < -0.3 is 4.40 Å². The molecule has 3 heterocycles. The van der Waals surface area contributed by atoms with E-state index in [1.807, 2.05) is 35.0 Å². The number of benzene rings is 1. The summed E-state index contributed by atoms with van der Waals surface area (Å²) in [5.74, 6) is 0.974. The molecule has 5 rings (SSSR count). The predicted octanol–water partition coefficient (Wildman–Crippen LogP) is 5.01. The van der Waals surface area contributed by atoms with Crippen molar-refractivity contribution in [2.45, 2.75) is 29.8 Å². The zero-order valence-corrected chi connectivity index (χ0v) is 15.8. The first kappa shape index (κ1) is 16.8. The molecule has 0 unspecified atom stereocenters. The van der Waals surface area contributed by atoms with Gasteiger partial charge in [0.25, 0.3) is 0 Å². The summed E-state index contributed by atoms with van der Waals surface area (Å²) in [6, 6.07) is 10.8. The number of thioether (sulfide) groups is 1. The summed E-state index contributed by atoms with van der Waals surface area (Å²) >= 11 is 7.60. The number of hydrogen-bond acceptors (Lipinski definition) is 4. The number of fused-ring (bicyclic) bond motifs is 1. The smallest absolute Gasteiger partial charge is 0.192 e. The van der Waals surface area contributed by atoms with Crippen LogP contribution in [0.5, 0.6) is 0 Å². The van der Waals surface area contributed by atoms with Gasteiger partial charge >= 0.3 is 0 Å². The van der Waals surface area contributed by atoms with Gasteiger partial charge in [0, 0.05) is 24.2 Å². The first-order valence-corrected chi connectivity index (χ1v) is 10.0. The minimum atomic E-state index is -0.277. The maximum Gasteiger partial charge on any atom is 0.192 e. The SMILES string of the molecule is Fc1ccccc1-c1nnc(SCc2cn3cc(Cl)ccc3n2)n1C1CC1. The largest absolute Gasteiger partial charge is 0.305 e. The molecule has 0 amide bonds. The van der Waals surface area contributed by atoms with Crippen molar-refractivity contribution in [3.8, 4) is 11.4 Å². The molecule has 27 heavy (non-hydrogen) atoms. The molecule has 1 aliphatic rings. The van der Waals surface area contributed by atoms with E-state index in [0.29, 0.717) is 28.2 Å². The molecule has 8 heteroatoms. The van der Waals surface area contributed by atoms with Crippen LogP contribution >= 0.6 is 23.4 Å². The van der Waals surface area contributed by atoms with Gasteiger partial charge in [0.2, 0.25) is 0 Å². The Morgan fingerprint density at radius 3 is 2.78 bits per heavy atom. The maximum atomic E-state index is 14.2. The van der Waals surface area contributed by atoms with Crippen LogP contribution in [0, 0.1) is 5.82 Å². The Balaban J connectivity index is 1.44. The summed E-state index contributed by atoms with van der Waals surface area (Å²) in [7, 11) is 0. The van der Waals surface area contributed by atoms with Crippen LogP contribution in [0.2, 0.25) is 5.02 Å². The van der Waals surface area contributed by atoms with Gasteiger partial charge in [-0.15, -0.1) is 10.2 Å². The van der Waals surface area contributed by atoms with Crippen molar-refractivity contribution < 1.29 is 4.39 Å². The Morgan fingerprint density at radius 2 is 1.96 bits per heavy atom. The Kier molecular flexibility index (Phi) is 4.13. The Labute approximate surface area is 164 Å². The number of hydrogen-bond donors (Lipinski definition) is 0. The average molecular weight is 400 g/mol. The Morgan fingerprint density at radius 1 is 1.11 bits per heavy atom. The number of imidazole rings is 1. The predicted molar refractivity (Wildman–Crippen MR) is 103 cm³/mol. The van der Waals surface area contributed by atoms with Crippen LogP contribution in [-0.4, -0.2) is 24.1 Å². The highest BCUT2D eigenvalue weighted by molar-refractivity contribution is 7.98. The quantitative estimate of drug-likeness (QED) is 0.442. The third kappa shape index (κ3) is 3.21. The van der Waals surface area contributed by atoms with Crippen LogP contribution in [0.1, 0.15) is 24.6 Å². The number of nitrogens with zero attached hydrogens (tertiary/aromatic N) is 5.